The van der Waals surface area contributed by atoms with Gasteiger partial charge in [0.25, 0.3) is 0 Å². The topological polar surface area (TPSA) is 74.7 Å². The quantitative estimate of drug-likeness (QED) is 0.888. The number of nitrogens with two attached hydrogens (primary N) is 1. The van der Waals surface area contributed by atoms with E-state index in [0.717, 1.165) is 5.56 Å². The van der Waals surface area contributed by atoms with Crippen LogP contribution in [0.1, 0.15) is 11.1 Å². The summed E-state index contributed by atoms with van der Waals surface area (Å²) in [6, 6.07) is 11.1. The van der Waals surface area contributed by atoms with Crippen molar-refractivity contribution in [2.75, 3.05) is 11.1 Å². The molecule has 0 saturated heterocycles. The van der Waals surface area contributed by atoms with E-state index in [1.165, 1.54) is 0 Å². The number of rotatable bonds is 3. The third-order valence-electron chi connectivity index (χ3n) is 2.51. The van der Waals surface area contributed by atoms with E-state index >= 15 is 0 Å². The minimum Gasteiger partial charge on any atom is -0.395 e. The van der Waals surface area contributed by atoms with Crippen molar-refractivity contribution in [1.82, 2.24) is 4.98 Å². The summed E-state index contributed by atoms with van der Waals surface area (Å²) in [5.74, 6) is 0.494. The predicted octanol–water partition coefficient (Wildman–Crippen LogP) is 2.80. The lowest BCUT2D eigenvalue weighted by Gasteiger charge is -2.09. The Bertz CT molecular complexity index is 604. The Kier molecular flexibility index (Phi) is 3.66. The summed E-state index contributed by atoms with van der Waals surface area (Å²) in [5, 5.41) is 12.6. The van der Waals surface area contributed by atoms with Crippen LogP contribution in [0.25, 0.3) is 0 Å². The maximum absolute atomic E-state index is 8.87. The minimum atomic E-state index is 0.354. The Morgan fingerprint density at radius 1 is 1.33 bits per heavy atom. The van der Waals surface area contributed by atoms with Crippen LogP contribution >= 0.6 is 11.6 Å². The number of nitrogens with zero attached hydrogens (tertiary/aromatic N) is 2. The Labute approximate surface area is 110 Å². The monoisotopic (exact) mass is 258 g/mol. The second-order valence-corrected chi connectivity index (χ2v) is 4.08. The molecule has 0 atom stereocenters. The van der Waals surface area contributed by atoms with Gasteiger partial charge in [0.1, 0.15) is 6.07 Å². The second kappa shape index (κ2) is 5.39. The third-order valence-corrected chi connectivity index (χ3v) is 2.88. The van der Waals surface area contributed by atoms with Crippen LogP contribution in [-0.4, -0.2) is 4.98 Å². The lowest BCUT2D eigenvalue weighted by atomic mass is 10.2. The highest BCUT2D eigenvalue weighted by Gasteiger charge is 2.06. The van der Waals surface area contributed by atoms with Crippen LogP contribution < -0.4 is 11.1 Å². The van der Waals surface area contributed by atoms with Crippen molar-refractivity contribution in [3.63, 3.8) is 0 Å². The normalized spacial score (nSPS) is 9.78. The largest absolute Gasteiger partial charge is 0.395 e. The molecule has 0 fully saturated rings. The number of pyridine rings is 1. The van der Waals surface area contributed by atoms with Crippen molar-refractivity contribution in [2.45, 2.75) is 6.54 Å². The number of benzene rings is 1. The molecule has 0 spiro atoms. The molecule has 1 aromatic heterocycles. The van der Waals surface area contributed by atoms with Gasteiger partial charge < -0.3 is 11.1 Å². The van der Waals surface area contributed by atoms with E-state index in [9.17, 15) is 0 Å². The fraction of sp³-hybridized carbons (Fsp3) is 0.0769. The van der Waals surface area contributed by atoms with Crippen molar-refractivity contribution < 1.29 is 0 Å². The standard InChI is InChI=1S/C13H11ClN4/c14-11-4-2-1-3-10(11)8-18-13-12(16)9(7-15)5-6-17-13/h1-6H,8,16H2,(H,17,18). The molecule has 1 heterocycles. The first-order valence-electron chi connectivity index (χ1n) is 5.34. The highest BCUT2D eigenvalue weighted by Crippen LogP contribution is 2.21. The van der Waals surface area contributed by atoms with E-state index in [0.29, 0.717) is 28.6 Å². The molecule has 2 rings (SSSR count). The highest BCUT2D eigenvalue weighted by molar-refractivity contribution is 6.31. The van der Waals surface area contributed by atoms with Crippen molar-refractivity contribution >= 4 is 23.1 Å². The number of nitrogen functional groups attached to an aromatic ring is 1. The van der Waals surface area contributed by atoms with Gasteiger partial charge in [-0.25, -0.2) is 4.98 Å². The van der Waals surface area contributed by atoms with Crippen LogP contribution in [0.2, 0.25) is 5.02 Å². The lowest BCUT2D eigenvalue weighted by molar-refractivity contribution is 1.11. The van der Waals surface area contributed by atoms with Crippen LogP contribution in [-0.2, 0) is 6.54 Å². The molecule has 0 bridgehead atoms. The van der Waals surface area contributed by atoms with Gasteiger partial charge in [-0.3, -0.25) is 0 Å². The molecule has 0 aliphatic rings. The van der Waals surface area contributed by atoms with E-state index in [2.05, 4.69) is 10.3 Å². The van der Waals surface area contributed by atoms with Crippen LogP contribution in [0, 0.1) is 11.3 Å². The number of halogens is 1. The number of hydrogen-bond donors (Lipinski definition) is 2. The SMILES string of the molecule is N#Cc1ccnc(NCc2ccccc2Cl)c1N. The van der Waals surface area contributed by atoms with Crippen LogP contribution in [0.3, 0.4) is 0 Å². The van der Waals surface area contributed by atoms with Crippen LogP contribution in [0.5, 0.6) is 0 Å². The maximum atomic E-state index is 8.87. The molecule has 18 heavy (non-hydrogen) atoms. The predicted molar refractivity (Wildman–Crippen MR) is 72.1 cm³/mol. The Morgan fingerprint density at radius 3 is 2.83 bits per heavy atom. The first-order chi connectivity index (χ1) is 8.72. The number of aromatic nitrogens is 1. The summed E-state index contributed by atoms with van der Waals surface area (Å²) in [4.78, 5) is 4.10. The first-order valence-corrected chi connectivity index (χ1v) is 5.72. The molecular formula is C13H11ClN4. The van der Waals surface area contributed by atoms with Crippen molar-refractivity contribution in [3.05, 3.63) is 52.7 Å². The summed E-state index contributed by atoms with van der Waals surface area (Å²) in [6.07, 6.45) is 1.55. The zero-order valence-electron chi connectivity index (χ0n) is 9.52. The van der Waals surface area contributed by atoms with Crippen LogP contribution in [0.4, 0.5) is 11.5 Å². The number of hydrogen-bond acceptors (Lipinski definition) is 4. The zero-order chi connectivity index (χ0) is 13.0. The average Bonchev–Trinajstić information content (AvgIpc) is 2.39. The molecular weight excluding hydrogens is 248 g/mol. The van der Waals surface area contributed by atoms with Gasteiger partial charge in [0.15, 0.2) is 5.82 Å². The minimum absolute atomic E-state index is 0.354. The van der Waals surface area contributed by atoms with Crippen molar-refractivity contribution in [3.8, 4) is 6.07 Å². The lowest BCUT2D eigenvalue weighted by Crippen LogP contribution is -2.06. The molecule has 0 amide bonds. The van der Waals surface area contributed by atoms with E-state index < -0.39 is 0 Å². The molecule has 0 aliphatic heterocycles. The van der Waals surface area contributed by atoms with E-state index in [1.54, 1.807) is 12.3 Å². The van der Waals surface area contributed by atoms with Crippen molar-refractivity contribution in [1.29, 1.82) is 5.26 Å². The van der Waals surface area contributed by atoms with Gasteiger partial charge in [-0.2, -0.15) is 5.26 Å². The summed E-state index contributed by atoms with van der Waals surface area (Å²) >= 11 is 6.04. The molecule has 0 radical (unpaired) electrons. The number of nitriles is 1. The molecule has 0 aliphatic carbocycles. The summed E-state index contributed by atoms with van der Waals surface area (Å²) in [7, 11) is 0. The molecule has 3 N–H and O–H groups in total. The van der Waals surface area contributed by atoms with Gasteiger partial charge in [-0.1, -0.05) is 29.8 Å². The highest BCUT2D eigenvalue weighted by atomic mass is 35.5. The van der Waals surface area contributed by atoms with E-state index in [1.807, 2.05) is 30.3 Å². The molecule has 0 unspecified atom stereocenters. The third kappa shape index (κ3) is 2.53. The van der Waals surface area contributed by atoms with Gasteiger partial charge in [-0.05, 0) is 17.7 Å². The summed E-state index contributed by atoms with van der Waals surface area (Å²) in [5.41, 5.74) is 7.53. The Balaban J connectivity index is 2.17. The van der Waals surface area contributed by atoms with E-state index in [4.69, 9.17) is 22.6 Å². The zero-order valence-corrected chi connectivity index (χ0v) is 10.3. The fourth-order valence-electron chi connectivity index (χ4n) is 1.53. The van der Waals surface area contributed by atoms with Crippen LogP contribution in [0.15, 0.2) is 36.5 Å². The molecule has 0 saturated carbocycles. The fourth-order valence-corrected chi connectivity index (χ4v) is 1.73. The number of anilines is 2. The number of nitrogens with one attached hydrogen (secondary N) is 1. The Morgan fingerprint density at radius 2 is 2.11 bits per heavy atom. The van der Waals surface area contributed by atoms with Crippen molar-refractivity contribution in [2.24, 2.45) is 0 Å². The maximum Gasteiger partial charge on any atom is 0.150 e. The molecule has 2 aromatic rings. The summed E-state index contributed by atoms with van der Waals surface area (Å²) < 4.78 is 0. The smallest absolute Gasteiger partial charge is 0.150 e. The van der Waals surface area contributed by atoms with E-state index in [-0.39, 0.29) is 0 Å². The van der Waals surface area contributed by atoms with Gasteiger partial charge in [0.2, 0.25) is 0 Å². The van der Waals surface area contributed by atoms with Gasteiger partial charge in [0, 0.05) is 17.8 Å². The molecule has 5 heteroatoms. The molecule has 4 nitrogen and oxygen atoms in total. The summed E-state index contributed by atoms with van der Waals surface area (Å²) in [6.45, 7) is 0.506. The Hall–Kier alpha value is -2.25. The van der Waals surface area contributed by atoms with Gasteiger partial charge in [0.05, 0.1) is 11.3 Å². The molecule has 1 aromatic carbocycles. The second-order valence-electron chi connectivity index (χ2n) is 3.68. The average molecular weight is 259 g/mol. The first kappa shape index (κ1) is 12.2. The van der Waals surface area contributed by atoms with Gasteiger partial charge in [-0.15, -0.1) is 0 Å². The van der Waals surface area contributed by atoms with Gasteiger partial charge >= 0.3 is 0 Å². The molecule has 90 valence electrons.